The lowest BCUT2D eigenvalue weighted by atomic mass is 10.1. The van der Waals surface area contributed by atoms with E-state index >= 15 is 0 Å². The summed E-state index contributed by atoms with van der Waals surface area (Å²) in [6, 6.07) is 5.03. The number of carbonyl (C=O) groups excluding carboxylic acids is 2. The number of anilines is 1. The lowest BCUT2D eigenvalue weighted by molar-refractivity contribution is -0.123. The Kier molecular flexibility index (Phi) is 6.85. The first kappa shape index (κ1) is 20.0. The van der Waals surface area contributed by atoms with Crippen LogP contribution in [0.2, 0.25) is 0 Å². The molecule has 1 aromatic carbocycles. The van der Waals surface area contributed by atoms with Crippen LogP contribution in [0.1, 0.15) is 47.3 Å². The number of ether oxygens (including phenoxy) is 1. The third-order valence-electron chi connectivity index (χ3n) is 3.82. The summed E-state index contributed by atoms with van der Waals surface area (Å²) in [5.74, 6) is -3.22. The monoisotopic (exact) mass is 381 g/mol. The molecule has 26 heavy (non-hydrogen) atoms. The summed E-state index contributed by atoms with van der Waals surface area (Å²) < 4.78 is 32.4. The van der Waals surface area contributed by atoms with Gasteiger partial charge in [0.05, 0.1) is 0 Å². The number of thiophene rings is 1. The van der Waals surface area contributed by atoms with Gasteiger partial charge in [0.25, 0.3) is 5.91 Å². The lowest BCUT2D eigenvalue weighted by Crippen LogP contribution is -2.30. The van der Waals surface area contributed by atoms with E-state index in [1.807, 2.05) is 6.92 Å². The largest absolute Gasteiger partial charge is 0.448 e. The van der Waals surface area contributed by atoms with Crippen molar-refractivity contribution in [2.45, 2.75) is 46.1 Å². The minimum absolute atomic E-state index is 0.419. The van der Waals surface area contributed by atoms with Crippen LogP contribution >= 0.6 is 11.3 Å². The van der Waals surface area contributed by atoms with E-state index in [9.17, 15) is 18.4 Å². The smallest absolute Gasteiger partial charge is 0.349 e. The maximum absolute atomic E-state index is 13.6. The zero-order valence-electron chi connectivity index (χ0n) is 14.9. The predicted octanol–water partition coefficient (Wildman–Crippen LogP) is 4.73. The van der Waals surface area contributed by atoms with Crippen LogP contribution < -0.4 is 5.32 Å². The molecule has 1 amide bonds. The molecule has 1 aromatic heterocycles. The molecule has 0 radical (unpaired) electrons. The molecule has 0 fully saturated rings. The number of rotatable bonds is 7. The quantitative estimate of drug-likeness (QED) is 0.706. The van der Waals surface area contributed by atoms with Crippen molar-refractivity contribution in [3.63, 3.8) is 0 Å². The summed E-state index contributed by atoms with van der Waals surface area (Å²) in [5, 5.41) is 2.12. The number of aryl methyl sites for hydroxylation is 2. The Bertz CT molecular complexity index is 784. The zero-order chi connectivity index (χ0) is 19.3. The zero-order valence-corrected chi connectivity index (χ0v) is 15.7. The van der Waals surface area contributed by atoms with Gasteiger partial charge in [-0.1, -0.05) is 26.3 Å². The lowest BCUT2D eigenvalue weighted by Gasteiger charge is -2.13. The van der Waals surface area contributed by atoms with Gasteiger partial charge >= 0.3 is 5.97 Å². The molecule has 0 aliphatic heterocycles. The molecule has 140 valence electrons. The third kappa shape index (κ3) is 4.66. The van der Waals surface area contributed by atoms with E-state index in [0.717, 1.165) is 41.8 Å². The molecule has 1 atom stereocenters. The molecule has 0 aliphatic rings. The van der Waals surface area contributed by atoms with Crippen molar-refractivity contribution in [3.8, 4) is 0 Å². The number of para-hydroxylation sites is 1. The molecule has 0 bridgehead atoms. The second-order valence-corrected chi connectivity index (χ2v) is 6.93. The van der Waals surface area contributed by atoms with Crippen molar-refractivity contribution >= 4 is 28.9 Å². The van der Waals surface area contributed by atoms with Gasteiger partial charge in [-0.05, 0) is 43.5 Å². The van der Waals surface area contributed by atoms with E-state index < -0.39 is 35.3 Å². The molecule has 0 spiro atoms. The van der Waals surface area contributed by atoms with E-state index in [2.05, 4.69) is 12.2 Å². The molecule has 1 heterocycles. The number of carbonyl (C=O) groups is 2. The number of hydrogen-bond acceptors (Lipinski definition) is 4. The second-order valence-electron chi connectivity index (χ2n) is 5.80. The number of amides is 1. The van der Waals surface area contributed by atoms with Gasteiger partial charge < -0.3 is 10.1 Å². The summed E-state index contributed by atoms with van der Waals surface area (Å²) in [5.41, 5.74) is 0.532. The standard InChI is InChI=1S/C19H21F2NO3S/c1-4-7-15-12(5-2)10-16(26-15)19(24)25-11(3)18(23)22-17-13(20)8-6-9-14(17)21/h6,8-11H,4-5,7H2,1-3H3,(H,22,23)/t11-/m1/s1. The molecule has 0 saturated carbocycles. The third-order valence-corrected chi connectivity index (χ3v) is 5.04. The van der Waals surface area contributed by atoms with E-state index in [1.54, 1.807) is 6.07 Å². The van der Waals surface area contributed by atoms with E-state index in [0.29, 0.717) is 4.88 Å². The molecule has 4 nitrogen and oxygen atoms in total. The number of nitrogens with one attached hydrogen (secondary N) is 1. The first-order valence-corrected chi connectivity index (χ1v) is 9.26. The molecule has 0 aliphatic carbocycles. The van der Waals surface area contributed by atoms with Crippen LogP contribution in [0.3, 0.4) is 0 Å². The Morgan fingerprint density at radius 1 is 1.23 bits per heavy atom. The van der Waals surface area contributed by atoms with Crippen molar-refractivity contribution in [2.24, 2.45) is 0 Å². The molecule has 7 heteroatoms. The van der Waals surface area contributed by atoms with E-state index in [4.69, 9.17) is 4.74 Å². The highest BCUT2D eigenvalue weighted by Crippen LogP contribution is 2.26. The summed E-state index contributed by atoms with van der Waals surface area (Å²) in [6.07, 6.45) is 1.46. The minimum atomic E-state index is -1.19. The van der Waals surface area contributed by atoms with Crippen LogP contribution in [0.4, 0.5) is 14.5 Å². The number of hydrogen-bond donors (Lipinski definition) is 1. The molecule has 0 saturated heterocycles. The fourth-order valence-electron chi connectivity index (χ4n) is 2.42. The minimum Gasteiger partial charge on any atom is -0.448 e. The Balaban J connectivity index is 2.05. The van der Waals surface area contributed by atoms with Crippen LogP contribution in [0.5, 0.6) is 0 Å². The summed E-state index contributed by atoms with van der Waals surface area (Å²) >= 11 is 1.35. The molecule has 1 N–H and O–H groups in total. The Morgan fingerprint density at radius 2 is 1.88 bits per heavy atom. The van der Waals surface area contributed by atoms with Gasteiger partial charge in [-0.2, -0.15) is 0 Å². The maximum Gasteiger partial charge on any atom is 0.349 e. The normalized spacial score (nSPS) is 11.9. The first-order chi connectivity index (χ1) is 12.4. The summed E-state index contributed by atoms with van der Waals surface area (Å²) in [6.45, 7) is 5.42. The summed E-state index contributed by atoms with van der Waals surface area (Å²) in [4.78, 5) is 25.9. The van der Waals surface area contributed by atoms with Crippen LogP contribution in [0, 0.1) is 11.6 Å². The average molecular weight is 381 g/mol. The highest BCUT2D eigenvalue weighted by atomic mass is 32.1. The first-order valence-electron chi connectivity index (χ1n) is 8.44. The van der Waals surface area contributed by atoms with Gasteiger partial charge in [0.1, 0.15) is 22.2 Å². The SMILES string of the molecule is CCCc1sc(C(=O)O[C@H](C)C(=O)Nc2c(F)cccc2F)cc1CC. The molecule has 2 aromatic rings. The molecular weight excluding hydrogens is 360 g/mol. The van der Waals surface area contributed by atoms with Crippen molar-refractivity contribution in [2.75, 3.05) is 5.32 Å². The average Bonchev–Trinajstić information content (AvgIpc) is 3.01. The fourth-order valence-corrected chi connectivity index (χ4v) is 3.66. The van der Waals surface area contributed by atoms with Gasteiger partial charge in [-0.25, -0.2) is 13.6 Å². The second kappa shape index (κ2) is 8.89. The number of benzene rings is 1. The molecular formula is C19H21F2NO3S. The Morgan fingerprint density at radius 3 is 2.46 bits per heavy atom. The Labute approximate surface area is 155 Å². The topological polar surface area (TPSA) is 55.4 Å². The molecule has 0 unspecified atom stereocenters. The van der Waals surface area contributed by atoms with Crippen LogP contribution in [-0.4, -0.2) is 18.0 Å². The summed E-state index contributed by atoms with van der Waals surface area (Å²) in [7, 11) is 0. The number of esters is 1. The van der Waals surface area contributed by atoms with E-state index in [-0.39, 0.29) is 0 Å². The highest BCUT2D eigenvalue weighted by molar-refractivity contribution is 7.14. The van der Waals surface area contributed by atoms with Gasteiger partial charge in [0.2, 0.25) is 0 Å². The van der Waals surface area contributed by atoms with Gasteiger partial charge in [-0.15, -0.1) is 11.3 Å². The predicted molar refractivity (Wildman–Crippen MR) is 97.6 cm³/mol. The van der Waals surface area contributed by atoms with Crippen molar-refractivity contribution in [3.05, 3.63) is 51.2 Å². The van der Waals surface area contributed by atoms with E-state index in [1.165, 1.54) is 24.3 Å². The van der Waals surface area contributed by atoms with Crippen LogP contribution in [0.25, 0.3) is 0 Å². The van der Waals surface area contributed by atoms with Gasteiger partial charge in [-0.3, -0.25) is 4.79 Å². The van der Waals surface area contributed by atoms with Crippen molar-refractivity contribution in [1.82, 2.24) is 0 Å². The van der Waals surface area contributed by atoms with Crippen molar-refractivity contribution in [1.29, 1.82) is 0 Å². The van der Waals surface area contributed by atoms with Gasteiger partial charge in [0.15, 0.2) is 6.10 Å². The van der Waals surface area contributed by atoms with Crippen LogP contribution in [-0.2, 0) is 22.4 Å². The highest BCUT2D eigenvalue weighted by Gasteiger charge is 2.23. The maximum atomic E-state index is 13.6. The van der Waals surface area contributed by atoms with Gasteiger partial charge in [0, 0.05) is 4.88 Å². The fraction of sp³-hybridized carbons (Fsp3) is 0.368. The van der Waals surface area contributed by atoms with Crippen LogP contribution in [0.15, 0.2) is 24.3 Å². The van der Waals surface area contributed by atoms with Crippen molar-refractivity contribution < 1.29 is 23.1 Å². The molecule has 2 rings (SSSR count). The number of halogens is 2. The Hall–Kier alpha value is -2.28.